The lowest BCUT2D eigenvalue weighted by molar-refractivity contribution is 0.173. The minimum atomic E-state index is -0.662. The van der Waals surface area contributed by atoms with E-state index in [4.69, 9.17) is 0 Å². The van der Waals surface area contributed by atoms with Gasteiger partial charge in [-0.05, 0) is 34.4 Å². The Morgan fingerprint density at radius 1 is 1.55 bits per heavy atom. The highest BCUT2D eigenvalue weighted by Gasteiger charge is 2.09. The number of aliphatic hydroxyl groups excluding tert-OH is 1. The van der Waals surface area contributed by atoms with Gasteiger partial charge in [-0.25, -0.2) is 4.79 Å². The molecule has 2 rings (SSSR count). The van der Waals surface area contributed by atoms with Crippen LogP contribution in [0.5, 0.6) is 0 Å². The van der Waals surface area contributed by atoms with Crippen LogP contribution in [0.1, 0.15) is 17.2 Å². The van der Waals surface area contributed by atoms with E-state index in [1.807, 2.05) is 30.1 Å². The van der Waals surface area contributed by atoms with Crippen molar-refractivity contribution in [2.24, 2.45) is 7.05 Å². The average Bonchev–Trinajstić information content (AvgIpc) is 3.07. The number of nitrogens with zero attached hydrogens (tertiary/aromatic N) is 2. The lowest BCUT2D eigenvalue weighted by atomic mass is 10.2. The van der Waals surface area contributed by atoms with Crippen LogP contribution in [0.25, 0.3) is 0 Å². The third-order valence-corrected chi connectivity index (χ3v) is 3.54. The Hall–Kier alpha value is -1.86. The normalized spacial score (nSPS) is 12.1. The molecule has 2 aromatic heterocycles. The number of thiophene rings is 1. The molecule has 0 aliphatic heterocycles. The molecule has 108 valence electrons. The van der Waals surface area contributed by atoms with Crippen LogP contribution >= 0.6 is 11.3 Å². The van der Waals surface area contributed by atoms with Crippen molar-refractivity contribution in [3.8, 4) is 0 Å². The van der Waals surface area contributed by atoms with Gasteiger partial charge in [-0.1, -0.05) is 0 Å². The van der Waals surface area contributed by atoms with E-state index in [-0.39, 0.29) is 12.6 Å². The quantitative estimate of drug-likeness (QED) is 0.745. The van der Waals surface area contributed by atoms with E-state index in [0.717, 1.165) is 17.5 Å². The SMILES string of the molecule is Cn1cc(CCNC(=O)NCC(O)c2ccsc2)cn1. The van der Waals surface area contributed by atoms with Gasteiger partial charge in [-0.15, -0.1) is 0 Å². The molecule has 1 unspecified atom stereocenters. The van der Waals surface area contributed by atoms with Crippen molar-refractivity contribution in [3.63, 3.8) is 0 Å². The predicted octanol–water partition coefficient (Wildman–Crippen LogP) is 1.06. The second-order valence-corrected chi connectivity index (χ2v) is 5.26. The van der Waals surface area contributed by atoms with Gasteiger partial charge in [0.05, 0.1) is 12.3 Å². The maximum absolute atomic E-state index is 11.6. The van der Waals surface area contributed by atoms with Crippen LogP contribution < -0.4 is 10.6 Å². The Labute approximate surface area is 121 Å². The molecule has 7 heteroatoms. The third-order valence-electron chi connectivity index (χ3n) is 2.84. The molecule has 0 aliphatic rings. The third kappa shape index (κ3) is 4.36. The van der Waals surface area contributed by atoms with E-state index >= 15 is 0 Å². The summed E-state index contributed by atoms with van der Waals surface area (Å²) in [5.41, 5.74) is 1.90. The van der Waals surface area contributed by atoms with Crippen LogP contribution in [0.15, 0.2) is 29.2 Å². The van der Waals surface area contributed by atoms with Gasteiger partial charge in [-0.2, -0.15) is 16.4 Å². The van der Waals surface area contributed by atoms with E-state index in [9.17, 15) is 9.90 Å². The second-order valence-electron chi connectivity index (χ2n) is 4.48. The molecule has 2 aromatic rings. The lowest BCUT2D eigenvalue weighted by Gasteiger charge is -2.11. The standard InChI is InChI=1S/C13H18N4O2S/c1-17-8-10(6-16-17)2-4-14-13(19)15-7-12(18)11-3-5-20-9-11/h3,5-6,8-9,12,18H,2,4,7H2,1H3,(H2,14,15,19). The smallest absolute Gasteiger partial charge is 0.314 e. The summed E-state index contributed by atoms with van der Waals surface area (Å²) in [6, 6.07) is 1.57. The van der Waals surface area contributed by atoms with Crippen LogP contribution in [-0.4, -0.2) is 34.0 Å². The highest BCUT2D eigenvalue weighted by Crippen LogP contribution is 2.14. The maximum Gasteiger partial charge on any atom is 0.314 e. The topological polar surface area (TPSA) is 79.2 Å². The van der Waals surface area contributed by atoms with Crippen molar-refractivity contribution in [1.29, 1.82) is 0 Å². The number of carbonyl (C=O) groups is 1. The minimum Gasteiger partial charge on any atom is -0.387 e. The van der Waals surface area contributed by atoms with Crippen LogP contribution in [0.3, 0.4) is 0 Å². The summed E-state index contributed by atoms with van der Waals surface area (Å²) in [5, 5.41) is 23.0. The molecule has 6 nitrogen and oxygen atoms in total. The number of aromatic nitrogens is 2. The van der Waals surface area contributed by atoms with Crippen molar-refractivity contribution in [1.82, 2.24) is 20.4 Å². The number of carbonyl (C=O) groups excluding carboxylic acids is 1. The monoisotopic (exact) mass is 294 g/mol. The van der Waals surface area contributed by atoms with Gasteiger partial charge in [-0.3, -0.25) is 4.68 Å². The van der Waals surface area contributed by atoms with Crippen LogP contribution in [0, 0.1) is 0 Å². The van der Waals surface area contributed by atoms with Crippen molar-refractivity contribution < 1.29 is 9.90 Å². The molecule has 0 radical (unpaired) electrons. The number of amides is 2. The van der Waals surface area contributed by atoms with Gasteiger partial charge >= 0.3 is 6.03 Å². The number of hydrogen-bond acceptors (Lipinski definition) is 4. The first-order valence-corrected chi connectivity index (χ1v) is 7.29. The second kappa shape index (κ2) is 7.06. The molecule has 3 N–H and O–H groups in total. The highest BCUT2D eigenvalue weighted by molar-refractivity contribution is 7.07. The molecule has 0 saturated heterocycles. The molecule has 0 aromatic carbocycles. The van der Waals surface area contributed by atoms with Crippen molar-refractivity contribution >= 4 is 17.4 Å². The number of nitrogens with one attached hydrogen (secondary N) is 2. The number of aryl methyl sites for hydroxylation is 1. The van der Waals surface area contributed by atoms with Gasteiger partial charge in [0.25, 0.3) is 0 Å². The zero-order valence-electron chi connectivity index (χ0n) is 11.2. The van der Waals surface area contributed by atoms with Gasteiger partial charge in [0.15, 0.2) is 0 Å². The maximum atomic E-state index is 11.6. The Bertz CT molecular complexity index is 538. The molecular formula is C13H18N4O2S. The fourth-order valence-electron chi connectivity index (χ4n) is 1.76. The summed E-state index contributed by atoms with van der Waals surface area (Å²) < 4.78 is 1.73. The summed E-state index contributed by atoms with van der Waals surface area (Å²) in [6.45, 7) is 0.738. The van der Waals surface area contributed by atoms with Gasteiger partial charge < -0.3 is 15.7 Å². The summed E-state index contributed by atoms with van der Waals surface area (Å²) in [5.74, 6) is 0. The fourth-order valence-corrected chi connectivity index (χ4v) is 2.46. The first kappa shape index (κ1) is 14.5. The molecule has 2 amide bonds. The number of aliphatic hydroxyl groups is 1. The summed E-state index contributed by atoms with van der Waals surface area (Å²) in [4.78, 5) is 11.6. The van der Waals surface area contributed by atoms with Crippen molar-refractivity contribution in [3.05, 3.63) is 40.3 Å². The van der Waals surface area contributed by atoms with Crippen LogP contribution in [0.4, 0.5) is 4.79 Å². The first-order chi connectivity index (χ1) is 9.65. The van der Waals surface area contributed by atoms with E-state index in [0.29, 0.717) is 6.54 Å². The number of rotatable bonds is 6. The van der Waals surface area contributed by atoms with E-state index in [2.05, 4.69) is 15.7 Å². The average molecular weight is 294 g/mol. The molecule has 0 aliphatic carbocycles. The van der Waals surface area contributed by atoms with Crippen molar-refractivity contribution in [2.45, 2.75) is 12.5 Å². The summed E-state index contributed by atoms with van der Waals surface area (Å²) in [7, 11) is 1.86. The van der Waals surface area contributed by atoms with E-state index in [1.54, 1.807) is 10.9 Å². The molecule has 20 heavy (non-hydrogen) atoms. The molecule has 0 saturated carbocycles. The molecule has 0 spiro atoms. The summed E-state index contributed by atoms with van der Waals surface area (Å²) >= 11 is 1.52. The largest absolute Gasteiger partial charge is 0.387 e. The molecular weight excluding hydrogens is 276 g/mol. The van der Waals surface area contributed by atoms with E-state index < -0.39 is 6.10 Å². The highest BCUT2D eigenvalue weighted by atomic mass is 32.1. The summed E-state index contributed by atoms with van der Waals surface area (Å²) in [6.07, 6.45) is 3.76. The number of hydrogen-bond donors (Lipinski definition) is 3. The minimum absolute atomic E-state index is 0.204. The number of urea groups is 1. The lowest BCUT2D eigenvalue weighted by Crippen LogP contribution is -2.38. The van der Waals surface area contributed by atoms with Gasteiger partial charge in [0.2, 0.25) is 0 Å². The van der Waals surface area contributed by atoms with Gasteiger partial charge in [0, 0.05) is 26.3 Å². The zero-order chi connectivity index (χ0) is 14.4. The predicted molar refractivity (Wildman–Crippen MR) is 77.6 cm³/mol. The molecule has 0 bridgehead atoms. The fraction of sp³-hybridized carbons (Fsp3) is 0.385. The Morgan fingerprint density at radius 2 is 2.40 bits per heavy atom. The zero-order valence-corrected chi connectivity index (χ0v) is 12.1. The Balaban J connectivity index is 1.63. The Kier molecular flexibility index (Phi) is 5.14. The molecule has 0 fully saturated rings. The van der Waals surface area contributed by atoms with Crippen molar-refractivity contribution in [2.75, 3.05) is 13.1 Å². The first-order valence-electron chi connectivity index (χ1n) is 6.34. The van der Waals surface area contributed by atoms with E-state index in [1.165, 1.54) is 11.3 Å². The molecule has 1 atom stereocenters. The Morgan fingerprint density at radius 3 is 3.05 bits per heavy atom. The van der Waals surface area contributed by atoms with Crippen LogP contribution in [0.2, 0.25) is 0 Å². The van der Waals surface area contributed by atoms with Crippen LogP contribution in [-0.2, 0) is 13.5 Å². The van der Waals surface area contributed by atoms with Gasteiger partial charge in [0.1, 0.15) is 0 Å². The molecule has 2 heterocycles.